The molecular formula is C10H12N4. The Balaban J connectivity index is 2.11. The van der Waals surface area contributed by atoms with Gasteiger partial charge in [0.2, 0.25) is 0 Å². The van der Waals surface area contributed by atoms with Gasteiger partial charge in [0, 0.05) is 18.7 Å². The molecule has 2 aromatic heterocycles. The predicted octanol–water partition coefficient (Wildman–Crippen LogP) is 0.806. The van der Waals surface area contributed by atoms with E-state index in [9.17, 15) is 0 Å². The number of hydrogen-bond acceptors (Lipinski definition) is 3. The number of rotatable bonds is 1. The second-order valence-corrected chi connectivity index (χ2v) is 3.67. The highest BCUT2D eigenvalue weighted by Crippen LogP contribution is 2.20. The van der Waals surface area contributed by atoms with Crippen molar-refractivity contribution in [3.8, 4) is 0 Å². The smallest absolute Gasteiger partial charge is 0.134 e. The van der Waals surface area contributed by atoms with Gasteiger partial charge < -0.3 is 5.32 Å². The molecule has 0 saturated carbocycles. The Hall–Kier alpha value is -1.42. The normalized spacial score (nSPS) is 21.9. The molecule has 0 aromatic carbocycles. The Morgan fingerprint density at radius 3 is 3.36 bits per heavy atom. The lowest BCUT2D eigenvalue weighted by atomic mass is 10.1. The van der Waals surface area contributed by atoms with Gasteiger partial charge in [0.1, 0.15) is 5.82 Å². The van der Waals surface area contributed by atoms with Crippen LogP contribution in [-0.2, 0) is 0 Å². The number of nitrogens with one attached hydrogen (secondary N) is 1. The number of hydrogen-bond donors (Lipinski definition) is 1. The van der Waals surface area contributed by atoms with Crippen molar-refractivity contribution in [3.63, 3.8) is 0 Å². The molecule has 1 fully saturated rings. The van der Waals surface area contributed by atoms with E-state index in [1.54, 1.807) is 6.20 Å². The van der Waals surface area contributed by atoms with Crippen LogP contribution in [0, 0.1) is 0 Å². The van der Waals surface area contributed by atoms with E-state index in [1.807, 2.05) is 22.8 Å². The molecule has 4 nitrogen and oxygen atoms in total. The Kier molecular flexibility index (Phi) is 1.73. The molecule has 1 unspecified atom stereocenters. The van der Waals surface area contributed by atoms with Crippen LogP contribution in [0.3, 0.4) is 0 Å². The minimum absolute atomic E-state index is 0.521. The highest BCUT2D eigenvalue weighted by molar-refractivity contribution is 5.44. The summed E-state index contributed by atoms with van der Waals surface area (Å²) in [5, 5.41) is 7.66. The van der Waals surface area contributed by atoms with Gasteiger partial charge in [-0.2, -0.15) is 5.10 Å². The van der Waals surface area contributed by atoms with Gasteiger partial charge in [-0.3, -0.25) is 0 Å². The largest absolute Gasteiger partial charge is 0.316 e. The highest BCUT2D eigenvalue weighted by Gasteiger charge is 2.21. The van der Waals surface area contributed by atoms with Gasteiger partial charge in [0.15, 0.2) is 0 Å². The zero-order valence-electron chi connectivity index (χ0n) is 7.85. The molecule has 0 bridgehead atoms. The monoisotopic (exact) mass is 188 g/mol. The molecule has 3 rings (SSSR count). The van der Waals surface area contributed by atoms with Crippen LogP contribution < -0.4 is 5.32 Å². The third-order valence-corrected chi connectivity index (χ3v) is 2.75. The molecule has 3 heterocycles. The number of imidazole rings is 1. The van der Waals surface area contributed by atoms with E-state index in [2.05, 4.69) is 15.4 Å². The van der Waals surface area contributed by atoms with Crippen LogP contribution in [0.4, 0.5) is 0 Å². The molecule has 0 spiro atoms. The highest BCUT2D eigenvalue weighted by atomic mass is 15.3. The van der Waals surface area contributed by atoms with Crippen molar-refractivity contribution in [3.05, 3.63) is 30.4 Å². The first kappa shape index (κ1) is 7.94. The number of nitrogens with zero attached hydrogens (tertiary/aromatic N) is 3. The molecule has 1 saturated heterocycles. The Morgan fingerprint density at radius 2 is 2.50 bits per heavy atom. The average Bonchev–Trinajstić information content (AvgIpc) is 2.85. The minimum Gasteiger partial charge on any atom is -0.316 e. The molecule has 4 heteroatoms. The molecule has 0 radical (unpaired) electrons. The molecule has 1 N–H and O–H groups in total. The topological polar surface area (TPSA) is 42.2 Å². The van der Waals surface area contributed by atoms with Crippen molar-refractivity contribution in [2.45, 2.75) is 12.3 Å². The Morgan fingerprint density at radius 1 is 1.50 bits per heavy atom. The number of fused-ring (bicyclic) bond motifs is 1. The van der Waals surface area contributed by atoms with E-state index < -0.39 is 0 Å². The lowest BCUT2D eigenvalue weighted by molar-refractivity contribution is 0.671. The summed E-state index contributed by atoms with van der Waals surface area (Å²) in [6.45, 7) is 2.11. The minimum atomic E-state index is 0.521. The maximum Gasteiger partial charge on any atom is 0.134 e. The summed E-state index contributed by atoms with van der Waals surface area (Å²) in [5.41, 5.74) is 1.08. The van der Waals surface area contributed by atoms with Crippen molar-refractivity contribution in [1.82, 2.24) is 19.9 Å². The summed E-state index contributed by atoms with van der Waals surface area (Å²) in [7, 11) is 0. The van der Waals surface area contributed by atoms with E-state index in [4.69, 9.17) is 0 Å². The van der Waals surface area contributed by atoms with Gasteiger partial charge in [-0.1, -0.05) is 0 Å². The Bertz CT molecular complexity index is 442. The van der Waals surface area contributed by atoms with Crippen molar-refractivity contribution in [1.29, 1.82) is 0 Å². The fourth-order valence-electron chi connectivity index (χ4n) is 2.01. The molecule has 1 aliphatic rings. The van der Waals surface area contributed by atoms with Crippen LogP contribution >= 0.6 is 0 Å². The zero-order valence-corrected chi connectivity index (χ0v) is 7.85. The van der Waals surface area contributed by atoms with Crippen molar-refractivity contribution >= 4 is 5.52 Å². The summed E-state index contributed by atoms with van der Waals surface area (Å²) in [6, 6.07) is 3.97. The van der Waals surface area contributed by atoms with E-state index in [0.29, 0.717) is 5.92 Å². The fraction of sp³-hybridized carbons (Fsp3) is 0.400. The zero-order chi connectivity index (χ0) is 9.38. The van der Waals surface area contributed by atoms with Gasteiger partial charge in [0.05, 0.1) is 11.7 Å². The van der Waals surface area contributed by atoms with Crippen LogP contribution in [0.2, 0.25) is 0 Å². The molecule has 0 amide bonds. The molecule has 1 aliphatic heterocycles. The second kappa shape index (κ2) is 3.06. The lowest BCUT2D eigenvalue weighted by Gasteiger charge is -2.05. The van der Waals surface area contributed by atoms with Crippen molar-refractivity contribution < 1.29 is 0 Å². The van der Waals surface area contributed by atoms with Crippen LogP contribution in [0.25, 0.3) is 5.52 Å². The first-order valence-corrected chi connectivity index (χ1v) is 4.94. The molecule has 2 aromatic rings. The summed E-state index contributed by atoms with van der Waals surface area (Å²) in [4.78, 5) is 4.44. The lowest BCUT2D eigenvalue weighted by Crippen LogP contribution is -2.10. The first-order valence-electron chi connectivity index (χ1n) is 4.94. The standard InChI is InChI=1S/C10H12N4/c1-2-9-7-12-10(14(9)13-4-1)8-3-5-11-6-8/h1-2,4,7-8,11H,3,5-6H2. The SMILES string of the molecule is c1cnn2c(C3CCNC3)ncc2c1. The first-order chi connectivity index (χ1) is 6.95. The summed E-state index contributed by atoms with van der Waals surface area (Å²) in [5.74, 6) is 1.61. The van der Waals surface area contributed by atoms with Gasteiger partial charge in [-0.05, 0) is 25.1 Å². The van der Waals surface area contributed by atoms with Crippen LogP contribution in [-0.4, -0.2) is 27.7 Å². The van der Waals surface area contributed by atoms with Gasteiger partial charge in [0.25, 0.3) is 0 Å². The predicted molar refractivity (Wildman–Crippen MR) is 53.2 cm³/mol. The Labute approximate surface area is 82.0 Å². The van der Waals surface area contributed by atoms with Crippen molar-refractivity contribution in [2.24, 2.45) is 0 Å². The van der Waals surface area contributed by atoms with E-state index in [-0.39, 0.29) is 0 Å². The third kappa shape index (κ3) is 1.11. The molecule has 14 heavy (non-hydrogen) atoms. The van der Waals surface area contributed by atoms with Crippen LogP contribution in [0.1, 0.15) is 18.2 Å². The summed E-state index contributed by atoms with van der Waals surface area (Å²) < 4.78 is 1.94. The quantitative estimate of drug-likeness (QED) is 0.720. The van der Waals surface area contributed by atoms with E-state index >= 15 is 0 Å². The van der Waals surface area contributed by atoms with Crippen molar-refractivity contribution in [2.75, 3.05) is 13.1 Å². The summed E-state index contributed by atoms with van der Waals surface area (Å²) >= 11 is 0. The van der Waals surface area contributed by atoms with Gasteiger partial charge >= 0.3 is 0 Å². The molecule has 0 aliphatic carbocycles. The summed E-state index contributed by atoms with van der Waals surface area (Å²) in [6.07, 6.45) is 4.86. The molecule has 72 valence electrons. The maximum atomic E-state index is 4.44. The number of aromatic nitrogens is 3. The van der Waals surface area contributed by atoms with Gasteiger partial charge in [-0.25, -0.2) is 9.50 Å². The van der Waals surface area contributed by atoms with Crippen LogP contribution in [0.15, 0.2) is 24.5 Å². The van der Waals surface area contributed by atoms with E-state index in [1.165, 1.54) is 0 Å². The van der Waals surface area contributed by atoms with E-state index in [0.717, 1.165) is 30.9 Å². The molecular weight excluding hydrogens is 176 g/mol. The maximum absolute atomic E-state index is 4.44. The molecule has 1 atom stereocenters. The second-order valence-electron chi connectivity index (χ2n) is 3.67. The van der Waals surface area contributed by atoms with Crippen LogP contribution in [0.5, 0.6) is 0 Å². The third-order valence-electron chi connectivity index (χ3n) is 2.75. The van der Waals surface area contributed by atoms with Gasteiger partial charge in [-0.15, -0.1) is 0 Å². The average molecular weight is 188 g/mol. The fourth-order valence-corrected chi connectivity index (χ4v) is 2.01.